The fourth-order valence-corrected chi connectivity index (χ4v) is 5.83. The topological polar surface area (TPSA) is 132 Å². The van der Waals surface area contributed by atoms with Gasteiger partial charge in [0.05, 0.1) is 30.0 Å². The molecule has 2 aromatic heterocycles. The molecule has 3 heterocycles. The molecule has 0 saturated heterocycles. The summed E-state index contributed by atoms with van der Waals surface area (Å²) in [6, 6.07) is 20.6. The van der Waals surface area contributed by atoms with Crippen LogP contribution in [0.2, 0.25) is 0 Å². The zero-order valence-electron chi connectivity index (χ0n) is 23.9. The van der Waals surface area contributed by atoms with Crippen LogP contribution in [0.5, 0.6) is 5.75 Å². The van der Waals surface area contributed by atoms with E-state index in [1.54, 1.807) is 55.5 Å². The monoisotopic (exact) mass is 609 g/mol. The Morgan fingerprint density at radius 2 is 1.70 bits per heavy atom. The molecule has 1 aliphatic rings. The highest BCUT2D eigenvalue weighted by Gasteiger charge is 2.35. The zero-order valence-corrected chi connectivity index (χ0v) is 24.7. The van der Waals surface area contributed by atoms with E-state index in [-0.39, 0.29) is 23.3 Å². The van der Waals surface area contributed by atoms with Crippen molar-refractivity contribution in [3.05, 3.63) is 98.8 Å². The van der Waals surface area contributed by atoms with Gasteiger partial charge in [-0.15, -0.1) is 5.10 Å². The smallest absolute Gasteiger partial charge is 0.338 e. The van der Waals surface area contributed by atoms with Crippen LogP contribution in [0.25, 0.3) is 21.9 Å². The third-order valence-corrected chi connectivity index (χ3v) is 7.90. The van der Waals surface area contributed by atoms with Crippen molar-refractivity contribution in [1.82, 2.24) is 14.6 Å². The summed E-state index contributed by atoms with van der Waals surface area (Å²) in [5.74, 6) is -0.242. The second-order valence-electron chi connectivity index (χ2n) is 9.87. The van der Waals surface area contributed by atoms with E-state index in [4.69, 9.17) is 9.47 Å². The number of nitrogens with one attached hydrogen (secondary N) is 1. The fourth-order valence-electron chi connectivity index (χ4n) is 4.83. The molecule has 222 valence electrons. The van der Waals surface area contributed by atoms with Gasteiger partial charge in [-0.1, -0.05) is 36.5 Å². The van der Waals surface area contributed by atoms with Crippen LogP contribution in [-0.2, 0) is 14.3 Å². The highest BCUT2D eigenvalue weighted by Crippen LogP contribution is 2.35. The Kier molecular flexibility index (Phi) is 7.90. The van der Waals surface area contributed by atoms with Gasteiger partial charge in [0.15, 0.2) is 5.82 Å². The van der Waals surface area contributed by atoms with Crippen LogP contribution in [0.15, 0.2) is 77.6 Å². The summed E-state index contributed by atoms with van der Waals surface area (Å²) in [6.45, 7) is 4.35. The molecule has 11 nitrogen and oxygen atoms in total. The molecular formula is C32H27N5O6S. The predicted octanol–water partition coefficient (Wildman–Crippen LogP) is 3.69. The first kappa shape index (κ1) is 28.7. The molecule has 1 N–H and O–H groups in total. The Balaban J connectivity index is 1.26. The van der Waals surface area contributed by atoms with Gasteiger partial charge in [0.1, 0.15) is 16.8 Å². The Morgan fingerprint density at radius 3 is 2.41 bits per heavy atom. The van der Waals surface area contributed by atoms with Crippen molar-refractivity contribution in [2.45, 2.75) is 20.3 Å². The first-order valence-corrected chi connectivity index (χ1v) is 14.8. The standard InChI is InChI=1S/C32H27N5O6S/c1-3-17-43-22-15-11-19(12-16-22)28-34-32-37(35-28)30(40)27(44-32)26-23-7-5-6-8-24(23)36(29(26)39)18-25(38)33-21-13-9-20(10-14-21)31(41)42-4-2/h5-16H,3-4,17-18H2,1-2H3,(H,33,38)/b27-26-. The highest BCUT2D eigenvalue weighted by molar-refractivity contribution is 7.15. The summed E-state index contributed by atoms with van der Waals surface area (Å²) in [7, 11) is 0. The van der Waals surface area contributed by atoms with Crippen LogP contribution < -0.4 is 25.0 Å². The third kappa shape index (κ3) is 5.42. The minimum Gasteiger partial charge on any atom is -0.494 e. The maximum Gasteiger partial charge on any atom is 0.338 e. The number of aromatic nitrogens is 3. The van der Waals surface area contributed by atoms with Crippen molar-refractivity contribution in [2.75, 3.05) is 30.0 Å². The van der Waals surface area contributed by atoms with Crippen LogP contribution in [0, 0.1) is 0 Å². The molecule has 44 heavy (non-hydrogen) atoms. The molecule has 12 heteroatoms. The van der Waals surface area contributed by atoms with E-state index < -0.39 is 23.3 Å². The number of thiazole rings is 1. The second-order valence-corrected chi connectivity index (χ2v) is 10.8. The molecule has 0 atom stereocenters. The summed E-state index contributed by atoms with van der Waals surface area (Å²) in [5.41, 5.74) is 2.36. The molecule has 0 fully saturated rings. The second kappa shape index (κ2) is 12.1. The highest BCUT2D eigenvalue weighted by atomic mass is 32.1. The van der Waals surface area contributed by atoms with E-state index in [0.717, 1.165) is 29.1 Å². The van der Waals surface area contributed by atoms with Crippen molar-refractivity contribution in [2.24, 2.45) is 0 Å². The summed E-state index contributed by atoms with van der Waals surface area (Å²) >= 11 is 1.08. The normalized spacial score (nSPS) is 13.7. The molecule has 2 amide bonds. The van der Waals surface area contributed by atoms with Gasteiger partial charge >= 0.3 is 5.97 Å². The molecule has 1 aliphatic heterocycles. The number of nitrogens with zero attached hydrogens (tertiary/aromatic N) is 4. The summed E-state index contributed by atoms with van der Waals surface area (Å²) in [4.78, 5) is 58.4. The number of carbonyl (C=O) groups is 3. The number of hydrogen-bond acceptors (Lipinski definition) is 9. The number of amides is 2. The first-order valence-electron chi connectivity index (χ1n) is 14.0. The van der Waals surface area contributed by atoms with E-state index in [1.165, 1.54) is 9.42 Å². The average Bonchev–Trinajstić information content (AvgIpc) is 3.67. The predicted molar refractivity (Wildman–Crippen MR) is 166 cm³/mol. The molecule has 0 aliphatic carbocycles. The van der Waals surface area contributed by atoms with Crippen molar-refractivity contribution in [3.8, 4) is 17.1 Å². The van der Waals surface area contributed by atoms with Gasteiger partial charge in [-0.2, -0.15) is 9.50 Å². The number of para-hydroxylation sites is 1. The maximum atomic E-state index is 13.7. The van der Waals surface area contributed by atoms with Crippen molar-refractivity contribution in [1.29, 1.82) is 0 Å². The van der Waals surface area contributed by atoms with Gasteiger partial charge < -0.3 is 14.8 Å². The number of anilines is 2. The molecule has 0 bridgehead atoms. The van der Waals surface area contributed by atoms with E-state index in [0.29, 0.717) is 39.9 Å². The molecular weight excluding hydrogens is 582 g/mol. The molecule has 6 rings (SSSR count). The van der Waals surface area contributed by atoms with Gasteiger partial charge in [0.25, 0.3) is 11.5 Å². The van der Waals surface area contributed by atoms with E-state index >= 15 is 0 Å². The molecule has 0 radical (unpaired) electrons. The lowest BCUT2D eigenvalue weighted by Gasteiger charge is -2.16. The van der Waals surface area contributed by atoms with Crippen LogP contribution >= 0.6 is 11.3 Å². The number of hydrogen-bond donors (Lipinski definition) is 1. The minimum absolute atomic E-state index is 0.199. The van der Waals surface area contributed by atoms with E-state index in [2.05, 4.69) is 15.4 Å². The van der Waals surface area contributed by atoms with Crippen molar-refractivity contribution < 1.29 is 23.9 Å². The van der Waals surface area contributed by atoms with Crippen LogP contribution in [-0.4, -0.2) is 52.1 Å². The van der Waals surface area contributed by atoms with E-state index in [9.17, 15) is 19.2 Å². The summed E-state index contributed by atoms with van der Waals surface area (Å²) in [6.07, 6.45) is 0.903. The minimum atomic E-state index is -0.469. The number of esters is 1. The molecule has 0 saturated carbocycles. The van der Waals surface area contributed by atoms with Crippen LogP contribution in [0.1, 0.15) is 36.2 Å². The molecule has 0 unspecified atom stereocenters. The summed E-state index contributed by atoms with van der Waals surface area (Å²) in [5, 5.41) is 7.17. The van der Waals surface area contributed by atoms with Gasteiger partial charge in [-0.3, -0.25) is 19.3 Å². The first-order chi connectivity index (χ1) is 21.4. The Labute approximate surface area is 255 Å². The van der Waals surface area contributed by atoms with Gasteiger partial charge in [0.2, 0.25) is 10.9 Å². The lowest BCUT2D eigenvalue weighted by atomic mass is 10.1. The van der Waals surface area contributed by atoms with E-state index in [1.807, 2.05) is 31.2 Å². The molecule has 5 aromatic rings. The average molecular weight is 610 g/mol. The Morgan fingerprint density at radius 1 is 0.955 bits per heavy atom. The quantitative estimate of drug-likeness (QED) is 0.250. The number of fused-ring (bicyclic) bond motifs is 2. The van der Waals surface area contributed by atoms with Crippen molar-refractivity contribution in [3.63, 3.8) is 0 Å². The largest absolute Gasteiger partial charge is 0.494 e. The maximum absolute atomic E-state index is 13.7. The molecule has 0 spiro atoms. The lowest BCUT2D eigenvalue weighted by Crippen LogP contribution is -2.37. The molecule has 3 aromatic carbocycles. The lowest BCUT2D eigenvalue weighted by molar-refractivity contribution is -0.118. The summed E-state index contributed by atoms with van der Waals surface area (Å²) < 4.78 is 12.0. The van der Waals surface area contributed by atoms with Gasteiger partial charge in [0, 0.05) is 16.8 Å². The third-order valence-electron chi connectivity index (χ3n) is 6.87. The number of rotatable bonds is 9. The van der Waals surface area contributed by atoms with Crippen LogP contribution in [0.3, 0.4) is 0 Å². The zero-order chi connectivity index (χ0) is 30.8. The van der Waals surface area contributed by atoms with Crippen LogP contribution in [0.4, 0.5) is 11.4 Å². The Hall–Kier alpha value is -5.36. The Bertz CT molecular complexity index is 2000. The fraction of sp³-hybridized carbons (Fsp3) is 0.188. The van der Waals surface area contributed by atoms with Gasteiger partial charge in [-0.25, -0.2) is 4.79 Å². The van der Waals surface area contributed by atoms with Gasteiger partial charge in [-0.05, 0) is 67.9 Å². The number of ether oxygens (including phenoxy) is 2. The van der Waals surface area contributed by atoms with Crippen molar-refractivity contribution >= 4 is 51.0 Å². The SMILES string of the molecule is CCCOc1ccc(-c2nc3s/c(=C4\C(=O)N(CC(=O)Nc5ccc(C(=O)OCC)cc5)c5ccccc54)c(=O)n3n2)cc1. The number of carbonyl (C=O) groups excluding carboxylic acids is 3. The number of benzene rings is 3.